The highest BCUT2D eigenvalue weighted by Gasteiger charge is 1.99. The molecule has 3 nitrogen and oxygen atoms in total. The summed E-state index contributed by atoms with van der Waals surface area (Å²) in [4.78, 5) is 8.02. The van der Waals surface area contributed by atoms with Crippen molar-refractivity contribution in [3.8, 4) is 12.3 Å². The monoisotopic (exact) mass is 161 g/mol. The average Bonchev–Trinajstić information content (AvgIpc) is 2.06. The summed E-state index contributed by atoms with van der Waals surface area (Å²) in [6.07, 6.45) is 9.22. The minimum absolute atomic E-state index is 0.220. The van der Waals surface area contributed by atoms with Gasteiger partial charge in [0.05, 0.1) is 0 Å². The quantitative estimate of drug-likeness (QED) is 0.679. The van der Waals surface area contributed by atoms with Gasteiger partial charge >= 0.3 is 0 Å². The van der Waals surface area contributed by atoms with Crippen LogP contribution in [0.25, 0.3) is 0 Å². The lowest BCUT2D eigenvalue weighted by Crippen LogP contribution is -2.15. The van der Waals surface area contributed by atoms with Crippen molar-refractivity contribution in [2.24, 2.45) is 0 Å². The van der Waals surface area contributed by atoms with Gasteiger partial charge in [-0.25, -0.2) is 9.97 Å². The van der Waals surface area contributed by atoms with Crippen molar-refractivity contribution in [2.75, 3.05) is 5.32 Å². The second kappa shape index (κ2) is 4.35. The van der Waals surface area contributed by atoms with E-state index in [-0.39, 0.29) is 6.04 Å². The summed E-state index contributed by atoms with van der Waals surface area (Å²) in [5.41, 5.74) is 0. The molecule has 0 saturated heterocycles. The summed E-state index contributed by atoms with van der Waals surface area (Å²) in [5, 5.41) is 3.08. The Bertz CT molecular complexity index is 263. The number of nitrogens with zero attached hydrogens (tertiary/aromatic N) is 2. The highest BCUT2D eigenvalue weighted by molar-refractivity contribution is 5.24. The third kappa shape index (κ3) is 2.59. The van der Waals surface area contributed by atoms with Gasteiger partial charge in [0.1, 0.15) is 0 Å². The van der Waals surface area contributed by atoms with Crippen molar-refractivity contribution in [2.45, 2.75) is 19.4 Å². The van der Waals surface area contributed by atoms with E-state index in [9.17, 15) is 0 Å². The first-order chi connectivity index (χ1) is 5.83. The second-order valence-electron chi connectivity index (χ2n) is 2.53. The zero-order valence-electron chi connectivity index (χ0n) is 6.99. The SMILES string of the molecule is C#CCC(C)Nc1ncccn1. The van der Waals surface area contributed by atoms with Gasteiger partial charge in [-0.2, -0.15) is 0 Å². The second-order valence-corrected chi connectivity index (χ2v) is 2.53. The maximum atomic E-state index is 5.15. The Kier molecular flexibility index (Phi) is 3.09. The summed E-state index contributed by atoms with van der Waals surface area (Å²) in [6, 6.07) is 1.99. The van der Waals surface area contributed by atoms with Crippen LogP contribution in [-0.2, 0) is 0 Å². The fourth-order valence-corrected chi connectivity index (χ4v) is 0.822. The maximum Gasteiger partial charge on any atom is 0.222 e. The third-order valence-corrected chi connectivity index (χ3v) is 1.37. The molecule has 1 unspecified atom stereocenters. The van der Waals surface area contributed by atoms with E-state index in [1.165, 1.54) is 0 Å². The summed E-state index contributed by atoms with van der Waals surface area (Å²) in [7, 11) is 0. The third-order valence-electron chi connectivity index (χ3n) is 1.37. The molecule has 1 N–H and O–H groups in total. The van der Waals surface area contributed by atoms with Crippen LogP contribution >= 0.6 is 0 Å². The summed E-state index contributed by atoms with van der Waals surface area (Å²) in [6.45, 7) is 2.00. The van der Waals surface area contributed by atoms with Gasteiger partial charge in [0.15, 0.2) is 0 Å². The molecule has 1 heterocycles. The fraction of sp³-hybridized carbons (Fsp3) is 0.333. The Labute approximate surface area is 72.2 Å². The number of hydrogen-bond donors (Lipinski definition) is 1. The van der Waals surface area contributed by atoms with Crippen LogP contribution in [-0.4, -0.2) is 16.0 Å². The lowest BCUT2D eigenvalue weighted by atomic mass is 10.2. The molecule has 1 aromatic rings. The van der Waals surface area contributed by atoms with E-state index in [1.807, 2.05) is 6.92 Å². The van der Waals surface area contributed by atoms with E-state index in [4.69, 9.17) is 6.42 Å². The van der Waals surface area contributed by atoms with Gasteiger partial charge in [-0.05, 0) is 13.0 Å². The molecule has 0 amide bonds. The molecule has 1 aromatic heterocycles. The summed E-state index contributed by atoms with van der Waals surface area (Å²) in [5.74, 6) is 3.19. The van der Waals surface area contributed by atoms with Crippen molar-refractivity contribution >= 4 is 5.95 Å². The number of nitrogens with one attached hydrogen (secondary N) is 1. The molecule has 0 saturated carbocycles. The molecule has 0 aliphatic carbocycles. The standard InChI is InChI=1S/C9H11N3/c1-3-5-8(2)12-9-10-6-4-7-11-9/h1,4,6-8H,5H2,2H3,(H,10,11,12). The van der Waals surface area contributed by atoms with Crippen LogP contribution in [0.4, 0.5) is 5.95 Å². The molecule has 0 radical (unpaired) electrons. The predicted molar refractivity (Wildman–Crippen MR) is 48.6 cm³/mol. The Hall–Kier alpha value is -1.56. The van der Waals surface area contributed by atoms with Crippen LogP contribution in [0, 0.1) is 12.3 Å². The number of anilines is 1. The van der Waals surface area contributed by atoms with E-state index in [2.05, 4.69) is 21.2 Å². The molecule has 0 aliphatic heterocycles. The summed E-state index contributed by atoms with van der Waals surface area (Å²) >= 11 is 0. The Balaban J connectivity index is 2.48. The van der Waals surface area contributed by atoms with Crippen LogP contribution < -0.4 is 5.32 Å². The van der Waals surface area contributed by atoms with Crippen molar-refractivity contribution in [1.82, 2.24) is 9.97 Å². The molecule has 3 heteroatoms. The van der Waals surface area contributed by atoms with Crippen LogP contribution in [0.1, 0.15) is 13.3 Å². The summed E-state index contributed by atoms with van der Waals surface area (Å²) < 4.78 is 0. The zero-order valence-corrected chi connectivity index (χ0v) is 6.99. The van der Waals surface area contributed by atoms with Crippen molar-refractivity contribution < 1.29 is 0 Å². The number of aromatic nitrogens is 2. The van der Waals surface area contributed by atoms with Crippen molar-refractivity contribution in [3.05, 3.63) is 18.5 Å². The van der Waals surface area contributed by atoms with Crippen molar-refractivity contribution in [3.63, 3.8) is 0 Å². The minimum Gasteiger partial charge on any atom is -0.351 e. The topological polar surface area (TPSA) is 37.8 Å². The lowest BCUT2D eigenvalue weighted by molar-refractivity contribution is 0.812. The van der Waals surface area contributed by atoms with E-state index in [0.29, 0.717) is 12.4 Å². The van der Waals surface area contributed by atoms with Crippen LogP contribution in [0.2, 0.25) is 0 Å². The molecule has 12 heavy (non-hydrogen) atoms. The number of rotatable bonds is 3. The van der Waals surface area contributed by atoms with Crippen LogP contribution in [0.5, 0.6) is 0 Å². The van der Waals surface area contributed by atoms with Gasteiger partial charge in [-0.15, -0.1) is 12.3 Å². The van der Waals surface area contributed by atoms with Gasteiger partial charge in [0.2, 0.25) is 5.95 Å². The van der Waals surface area contributed by atoms with Gasteiger partial charge in [0.25, 0.3) is 0 Å². The minimum atomic E-state index is 0.220. The molecule has 62 valence electrons. The highest BCUT2D eigenvalue weighted by atomic mass is 15.1. The molecule has 0 aliphatic rings. The molecular formula is C9H11N3. The molecular weight excluding hydrogens is 150 g/mol. The molecule has 1 rings (SSSR count). The molecule has 0 fully saturated rings. The number of hydrogen-bond acceptors (Lipinski definition) is 3. The van der Waals surface area contributed by atoms with Crippen LogP contribution in [0.3, 0.4) is 0 Å². The van der Waals surface area contributed by atoms with E-state index in [1.54, 1.807) is 18.5 Å². The first-order valence-corrected chi connectivity index (χ1v) is 3.80. The van der Waals surface area contributed by atoms with Crippen LogP contribution in [0.15, 0.2) is 18.5 Å². The van der Waals surface area contributed by atoms with E-state index in [0.717, 1.165) is 0 Å². The maximum absolute atomic E-state index is 5.15. The van der Waals surface area contributed by atoms with Gasteiger partial charge in [0, 0.05) is 24.9 Å². The molecule has 0 spiro atoms. The fourth-order valence-electron chi connectivity index (χ4n) is 0.822. The normalized spacial score (nSPS) is 11.7. The Morgan fingerprint density at radius 1 is 1.58 bits per heavy atom. The Morgan fingerprint density at radius 2 is 2.25 bits per heavy atom. The molecule has 0 aromatic carbocycles. The Morgan fingerprint density at radius 3 is 2.83 bits per heavy atom. The van der Waals surface area contributed by atoms with Crippen molar-refractivity contribution in [1.29, 1.82) is 0 Å². The smallest absolute Gasteiger partial charge is 0.222 e. The average molecular weight is 161 g/mol. The van der Waals surface area contributed by atoms with E-state index >= 15 is 0 Å². The highest BCUT2D eigenvalue weighted by Crippen LogP contribution is 1.99. The van der Waals surface area contributed by atoms with E-state index < -0.39 is 0 Å². The largest absolute Gasteiger partial charge is 0.351 e. The van der Waals surface area contributed by atoms with Gasteiger partial charge in [-0.3, -0.25) is 0 Å². The van der Waals surface area contributed by atoms with Gasteiger partial charge in [-0.1, -0.05) is 0 Å². The molecule has 1 atom stereocenters. The molecule has 0 bridgehead atoms. The zero-order chi connectivity index (χ0) is 8.81. The first kappa shape index (κ1) is 8.54. The van der Waals surface area contributed by atoms with Gasteiger partial charge < -0.3 is 5.32 Å². The number of terminal acetylenes is 1. The lowest BCUT2D eigenvalue weighted by Gasteiger charge is -2.09. The predicted octanol–water partition coefficient (Wildman–Crippen LogP) is 1.30. The first-order valence-electron chi connectivity index (χ1n) is 3.80.